The lowest BCUT2D eigenvalue weighted by Crippen LogP contribution is -2.28. The molecule has 0 aliphatic rings. The molecule has 4 nitrogen and oxygen atoms in total. The molecule has 0 amide bonds. The molecular formula is C14H23NO3. The van der Waals surface area contributed by atoms with Crippen molar-refractivity contribution in [2.75, 3.05) is 20.8 Å². The van der Waals surface area contributed by atoms with Crippen molar-refractivity contribution < 1.29 is 14.6 Å². The molecule has 0 saturated carbocycles. The molecule has 0 fully saturated rings. The largest absolute Gasteiger partial charge is 0.493 e. The second-order valence-electron chi connectivity index (χ2n) is 4.33. The first-order chi connectivity index (χ1) is 8.62. The van der Waals surface area contributed by atoms with Crippen LogP contribution in [-0.2, 0) is 0 Å². The molecule has 0 spiro atoms. The lowest BCUT2D eigenvalue weighted by Gasteiger charge is -2.20. The van der Waals surface area contributed by atoms with Gasteiger partial charge in [0.2, 0.25) is 0 Å². The first kappa shape index (κ1) is 14.8. The van der Waals surface area contributed by atoms with Gasteiger partial charge < -0.3 is 19.9 Å². The molecule has 1 aromatic carbocycles. The molecule has 1 rings (SSSR count). The van der Waals surface area contributed by atoms with E-state index in [4.69, 9.17) is 9.47 Å². The second kappa shape index (κ2) is 7.24. The predicted octanol–water partition coefficient (Wildman–Crippen LogP) is 2.13. The maximum Gasteiger partial charge on any atom is 0.161 e. The molecule has 0 aromatic heterocycles. The molecule has 0 heterocycles. The van der Waals surface area contributed by atoms with Crippen LogP contribution in [0, 0.1) is 0 Å². The number of aliphatic hydroxyl groups is 1. The normalized spacial score (nSPS) is 14.1. The summed E-state index contributed by atoms with van der Waals surface area (Å²) in [5.74, 6) is 1.46. The minimum atomic E-state index is -0.348. The molecule has 2 atom stereocenters. The first-order valence-corrected chi connectivity index (χ1v) is 6.25. The SMILES string of the molecule is CCC(NC[C@@H](C)O)c1ccc(OC)c(OC)c1. The Bertz CT molecular complexity index is 366. The van der Waals surface area contributed by atoms with Gasteiger partial charge in [0.25, 0.3) is 0 Å². The molecule has 102 valence electrons. The van der Waals surface area contributed by atoms with Gasteiger partial charge in [0.15, 0.2) is 11.5 Å². The summed E-state index contributed by atoms with van der Waals surface area (Å²) in [6.07, 6.45) is 0.599. The van der Waals surface area contributed by atoms with Crippen LogP contribution in [0.4, 0.5) is 0 Å². The fourth-order valence-electron chi connectivity index (χ4n) is 1.88. The van der Waals surface area contributed by atoms with E-state index in [-0.39, 0.29) is 12.1 Å². The van der Waals surface area contributed by atoms with Crippen LogP contribution in [0.3, 0.4) is 0 Å². The molecule has 0 saturated heterocycles. The average molecular weight is 253 g/mol. The number of hydrogen-bond acceptors (Lipinski definition) is 4. The van der Waals surface area contributed by atoms with E-state index in [2.05, 4.69) is 12.2 Å². The highest BCUT2D eigenvalue weighted by Gasteiger charge is 2.12. The van der Waals surface area contributed by atoms with Crippen LogP contribution in [0.1, 0.15) is 31.9 Å². The number of nitrogens with one attached hydrogen (secondary N) is 1. The third-order valence-electron chi connectivity index (χ3n) is 2.88. The third-order valence-corrected chi connectivity index (χ3v) is 2.88. The molecule has 0 aliphatic heterocycles. The summed E-state index contributed by atoms with van der Waals surface area (Å²) in [5, 5.41) is 12.6. The van der Waals surface area contributed by atoms with Crippen LogP contribution in [0.2, 0.25) is 0 Å². The van der Waals surface area contributed by atoms with Crippen molar-refractivity contribution in [1.29, 1.82) is 0 Å². The number of rotatable bonds is 7. The molecule has 1 unspecified atom stereocenters. The number of hydrogen-bond donors (Lipinski definition) is 2. The molecular weight excluding hydrogens is 230 g/mol. The van der Waals surface area contributed by atoms with Crippen LogP contribution in [-0.4, -0.2) is 32.0 Å². The summed E-state index contributed by atoms with van der Waals surface area (Å²) in [5.41, 5.74) is 1.14. The van der Waals surface area contributed by atoms with E-state index in [0.717, 1.165) is 23.5 Å². The fraction of sp³-hybridized carbons (Fsp3) is 0.571. The van der Waals surface area contributed by atoms with Gasteiger partial charge in [-0.25, -0.2) is 0 Å². The smallest absolute Gasteiger partial charge is 0.161 e. The Hall–Kier alpha value is -1.26. The van der Waals surface area contributed by atoms with Crippen molar-refractivity contribution in [3.63, 3.8) is 0 Å². The van der Waals surface area contributed by atoms with Gasteiger partial charge in [-0.05, 0) is 31.0 Å². The zero-order chi connectivity index (χ0) is 13.5. The van der Waals surface area contributed by atoms with Gasteiger partial charge in [-0.2, -0.15) is 0 Å². The Morgan fingerprint density at radius 3 is 2.39 bits per heavy atom. The van der Waals surface area contributed by atoms with Crippen LogP contribution < -0.4 is 14.8 Å². The van der Waals surface area contributed by atoms with Gasteiger partial charge in [0.05, 0.1) is 20.3 Å². The molecule has 1 aromatic rings. The van der Waals surface area contributed by atoms with Crippen LogP contribution in [0.5, 0.6) is 11.5 Å². The maximum absolute atomic E-state index is 9.32. The number of aliphatic hydroxyl groups excluding tert-OH is 1. The van der Waals surface area contributed by atoms with Crippen molar-refractivity contribution >= 4 is 0 Å². The average Bonchev–Trinajstić information content (AvgIpc) is 2.38. The molecule has 0 radical (unpaired) electrons. The zero-order valence-corrected chi connectivity index (χ0v) is 11.6. The monoisotopic (exact) mass is 253 g/mol. The summed E-state index contributed by atoms with van der Waals surface area (Å²) in [4.78, 5) is 0. The van der Waals surface area contributed by atoms with E-state index in [9.17, 15) is 5.11 Å². The lowest BCUT2D eigenvalue weighted by atomic mass is 10.0. The van der Waals surface area contributed by atoms with Crippen molar-refractivity contribution in [1.82, 2.24) is 5.32 Å². The van der Waals surface area contributed by atoms with Gasteiger partial charge in [0.1, 0.15) is 0 Å². The number of ether oxygens (including phenoxy) is 2. The minimum absolute atomic E-state index is 0.208. The Morgan fingerprint density at radius 2 is 1.89 bits per heavy atom. The third kappa shape index (κ3) is 3.89. The Morgan fingerprint density at radius 1 is 1.22 bits per heavy atom. The topological polar surface area (TPSA) is 50.7 Å². The van der Waals surface area contributed by atoms with E-state index in [0.29, 0.717) is 6.54 Å². The Balaban J connectivity index is 2.85. The van der Waals surface area contributed by atoms with Gasteiger partial charge in [-0.15, -0.1) is 0 Å². The molecule has 2 N–H and O–H groups in total. The standard InChI is InChI=1S/C14H23NO3/c1-5-12(15-9-10(2)16)11-6-7-13(17-3)14(8-11)18-4/h6-8,10,12,15-16H,5,9H2,1-4H3/t10-,12?/m1/s1. The van der Waals surface area contributed by atoms with E-state index >= 15 is 0 Å². The van der Waals surface area contributed by atoms with Crippen LogP contribution in [0.15, 0.2) is 18.2 Å². The Kier molecular flexibility index (Phi) is 5.95. The Labute approximate surface area is 109 Å². The van der Waals surface area contributed by atoms with Crippen LogP contribution >= 0.6 is 0 Å². The van der Waals surface area contributed by atoms with E-state index in [1.165, 1.54) is 0 Å². The molecule has 18 heavy (non-hydrogen) atoms. The molecule has 4 heteroatoms. The summed E-state index contributed by atoms with van der Waals surface area (Å²) in [7, 11) is 3.26. The van der Waals surface area contributed by atoms with Crippen molar-refractivity contribution in [2.45, 2.75) is 32.4 Å². The quantitative estimate of drug-likeness (QED) is 0.781. The van der Waals surface area contributed by atoms with Crippen molar-refractivity contribution in [3.8, 4) is 11.5 Å². The van der Waals surface area contributed by atoms with Gasteiger partial charge in [-0.1, -0.05) is 13.0 Å². The van der Waals surface area contributed by atoms with Gasteiger partial charge in [-0.3, -0.25) is 0 Å². The summed E-state index contributed by atoms with van der Waals surface area (Å²) in [6, 6.07) is 6.10. The molecule has 0 bridgehead atoms. The highest BCUT2D eigenvalue weighted by atomic mass is 16.5. The first-order valence-electron chi connectivity index (χ1n) is 6.25. The summed E-state index contributed by atoms with van der Waals surface area (Å²) < 4.78 is 10.5. The highest BCUT2D eigenvalue weighted by molar-refractivity contribution is 5.43. The fourth-order valence-corrected chi connectivity index (χ4v) is 1.88. The lowest BCUT2D eigenvalue weighted by molar-refractivity contribution is 0.185. The molecule has 0 aliphatic carbocycles. The van der Waals surface area contributed by atoms with Crippen molar-refractivity contribution in [2.24, 2.45) is 0 Å². The van der Waals surface area contributed by atoms with E-state index in [1.54, 1.807) is 21.1 Å². The predicted molar refractivity (Wildman–Crippen MR) is 72.3 cm³/mol. The van der Waals surface area contributed by atoms with E-state index < -0.39 is 0 Å². The number of methoxy groups -OCH3 is 2. The highest BCUT2D eigenvalue weighted by Crippen LogP contribution is 2.30. The van der Waals surface area contributed by atoms with Gasteiger partial charge in [0, 0.05) is 12.6 Å². The van der Waals surface area contributed by atoms with Crippen LogP contribution in [0.25, 0.3) is 0 Å². The number of benzene rings is 1. The zero-order valence-electron chi connectivity index (χ0n) is 11.6. The minimum Gasteiger partial charge on any atom is -0.493 e. The maximum atomic E-state index is 9.32. The van der Waals surface area contributed by atoms with Crippen molar-refractivity contribution in [3.05, 3.63) is 23.8 Å². The summed E-state index contributed by atoms with van der Waals surface area (Å²) >= 11 is 0. The second-order valence-corrected chi connectivity index (χ2v) is 4.33. The van der Waals surface area contributed by atoms with E-state index in [1.807, 2.05) is 18.2 Å². The summed E-state index contributed by atoms with van der Waals surface area (Å²) in [6.45, 7) is 4.46. The van der Waals surface area contributed by atoms with Gasteiger partial charge >= 0.3 is 0 Å².